The molecule has 0 aromatic carbocycles. The Morgan fingerprint density at radius 3 is 2.33 bits per heavy atom. The fourth-order valence-corrected chi connectivity index (χ4v) is 0.636. The standard InChI is InChI=1S/C7H15O.Li/c1-3-4-5-7(2)6-8;/h7H,3-6H2,1-2H3;/q-1;+1. The van der Waals surface area contributed by atoms with Crippen molar-refractivity contribution in [3.05, 3.63) is 0 Å². The first-order valence-corrected chi connectivity index (χ1v) is 3.39. The Morgan fingerprint density at radius 1 is 1.44 bits per heavy atom. The molecule has 1 nitrogen and oxygen atoms in total. The molecule has 0 aromatic rings. The van der Waals surface area contributed by atoms with Gasteiger partial charge in [0.25, 0.3) is 0 Å². The molecule has 0 fully saturated rings. The molecule has 0 heterocycles. The van der Waals surface area contributed by atoms with E-state index in [9.17, 15) is 5.11 Å². The Labute approximate surface area is 70.0 Å². The molecule has 0 radical (unpaired) electrons. The summed E-state index contributed by atoms with van der Waals surface area (Å²) in [6.07, 6.45) is 3.54. The second-order valence-electron chi connectivity index (χ2n) is 2.41. The van der Waals surface area contributed by atoms with E-state index in [0.717, 1.165) is 6.42 Å². The van der Waals surface area contributed by atoms with Crippen molar-refractivity contribution in [2.75, 3.05) is 6.61 Å². The van der Waals surface area contributed by atoms with E-state index in [-0.39, 0.29) is 25.5 Å². The molecule has 0 aromatic heterocycles. The fraction of sp³-hybridized carbons (Fsp3) is 1.00. The van der Waals surface area contributed by atoms with Gasteiger partial charge in [-0.05, 0) is 0 Å². The molecular formula is C7H15LiO. The van der Waals surface area contributed by atoms with Gasteiger partial charge in [0.2, 0.25) is 0 Å². The first-order valence-electron chi connectivity index (χ1n) is 3.39. The summed E-state index contributed by atoms with van der Waals surface area (Å²) in [6, 6.07) is 0. The van der Waals surface area contributed by atoms with Crippen molar-refractivity contribution in [2.24, 2.45) is 5.92 Å². The fourth-order valence-electron chi connectivity index (χ4n) is 0.636. The summed E-state index contributed by atoms with van der Waals surface area (Å²) in [5, 5.41) is 10.1. The zero-order chi connectivity index (χ0) is 6.41. The maximum Gasteiger partial charge on any atom is 1.00 e. The van der Waals surface area contributed by atoms with Crippen LogP contribution in [0.3, 0.4) is 0 Å². The van der Waals surface area contributed by atoms with Gasteiger partial charge in [-0.3, -0.25) is 0 Å². The Balaban J connectivity index is 0. The molecular weight excluding hydrogens is 107 g/mol. The van der Waals surface area contributed by atoms with Crippen LogP contribution < -0.4 is 24.0 Å². The van der Waals surface area contributed by atoms with E-state index in [2.05, 4.69) is 6.92 Å². The van der Waals surface area contributed by atoms with Crippen LogP contribution in [0.15, 0.2) is 0 Å². The normalized spacial score (nSPS) is 12.3. The zero-order valence-electron chi connectivity index (χ0n) is 6.81. The van der Waals surface area contributed by atoms with Crippen LogP contribution in [0.4, 0.5) is 0 Å². The van der Waals surface area contributed by atoms with Gasteiger partial charge in [0.05, 0.1) is 0 Å². The van der Waals surface area contributed by atoms with E-state index in [1.807, 2.05) is 6.92 Å². The molecule has 0 spiro atoms. The molecule has 9 heavy (non-hydrogen) atoms. The van der Waals surface area contributed by atoms with E-state index in [0.29, 0.717) is 5.92 Å². The second-order valence-corrected chi connectivity index (χ2v) is 2.41. The first kappa shape index (κ1) is 12.3. The van der Waals surface area contributed by atoms with E-state index in [4.69, 9.17) is 0 Å². The van der Waals surface area contributed by atoms with Crippen LogP contribution in [0.25, 0.3) is 0 Å². The molecule has 2 heteroatoms. The van der Waals surface area contributed by atoms with E-state index < -0.39 is 0 Å². The smallest absolute Gasteiger partial charge is 0.854 e. The van der Waals surface area contributed by atoms with Crippen LogP contribution in [0, 0.1) is 5.92 Å². The van der Waals surface area contributed by atoms with Gasteiger partial charge in [0.15, 0.2) is 0 Å². The van der Waals surface area contributed by atoms with Crippen molar-refractivity contribution in [1.82, 2.24) is 0 Å². The van der Waals surface area contributed by atoms with Gasteiger partial charge in [0.1, 0.15) is 0 Å². The molecule has 0 aliphatic carbocycles. The van der Waals surface area contributed by atoms with Crippen LogP contribution in [0.5, 0.6) is 0 Å². The summed E-state index contributed by atoms with van der Waals surface area (Å²) in [5.41, 5.74) is 0. The van der Waals surface area contributed by atoms with Crippen molar-refractivity contribution in [2.45, 2.75) is 33.1 Å². The van der Waals surface area contributed by atoms with Gasteiger partial charge in [-0.2, -0.15) is 0 Å². The molecule has 0 N–H and O–H groups in total. The third kappa shape index (κ3) is 8.56. The first-order chi connectivity index (χ1) is 3.81. The van der Waals surface area contributed by atoms with Crippen molar-refractivity contribution in [3.8, 4) is 0 Å². The summed E-state index contributed by atoms with van der Waals surface area (Å²) in [4.78, 5) is 0. The number of hydrogen-bond donors (Lipinski definition) is 0. The topological polar surface area (TPSA) is 23.1 Å². The molecule has 0 bridgehead atoms. The molecule has 50 valence electrons. The molecule has 1 atom stereocenters. The number of hydrogen-bond acceptors (Lipinski definition) is 1. The molecule has 0 aliphatic rings. The largest absolute Gasteiger partial charge is 1.00 e. The summed E-state index contributed by atoms with van der Waals surface area (Å²) < 4.78 is 0. The van der Waals surface area contributed by atoms with Crippen molar-refractivity contribution in [1.29, 1.82) is 0 Å². The predicted molar refractivity (Wildman–Crippen MR) is 33.6 cm³/mol. The molecule has 1 unspecified atom stereocenters. The van der Waals surface area contributed by atoms with Gasteiger partial charge in [-0.15, -0.1) is 6.61 Å². The minimum atomic E-state index is 0. The van der Waals surface area contributed by atoms with Crippen molar-refractivity contribution in [3.63, 3.8) is 0 Å². The third-order valence-corrected chi connectivity index (χ3v) is 1.33. The van der Waals surface area contributed by atoms with E-state index in [1.165, 1.54) is 12.8 Å². The Kier molecular flexibility index (Phi) is 11.7. The van der Waals surface area contributed by atoms with Gasteiger partial charge in [0, 0.05) is 0 Å². The van der Waals surface area contributed by atoms with Gasteiger partial charge >= 0.3 is 18.9 Å². The van der Waals surface area contributed by atoms with Gasteiger partial charge in [-0.25, -0.2) is 0 Å². The quantitative estimate of drug-likeness (QED) is 0.402. The van der Waals surface area contributed by atoms with Crippen LogP contribution in [0.2, 0.25) is 0 Å². The Bertz CT molecular complexity index is 48.2. The summed E-state index contributed by atoms with van der Waals surface area (Å²) in [5.74, 6) is 0.398. The van der Waals surface area contributed by atoms with Crippen LogP contribution >= 0.6 is 0 Å². The molecule has 0 amide bonds. The molecule has 0 rings (SSSR count). The maximum atomic E-state index is 10.1. The molecule has 0 saturated carbocycles. The number of rotatable bonds is 4. The van der Waals surface area contributed by atoms with Gasteiger partial charge < -0.3 is 5.11 Å². The SMILES string of the molecule is CCCCC(C)C[O-].[Li+]. The van der Waals surface area contributed by atoms with E-state index >= 15 is 0 Å². The second kappa shape index (κ2) is 8.56. The van der Waals surface area contributed by atoms with Crippen LogP contribution in [-0.4, -0.2) is 6.61 Å². The third-order valence-electron chi connectivity index (χ3n) is 1.33. The average molecular weight is 122 g/mol. The monoisotopic (exact) mass is 122 g/mol. The summed E-state index contributed by atoms with van der Waals surface area (Å²) in [7, 11) is 0. The predicted octanol–water partition coefficient (Wildman–Crippen LogP) is -1.82. The van der Waals surface area contributed by atoms with Gasteiger partial charge in [-0.1, -0.05) is 39.0 Å². The Morgan fingerprint density at radius 2 is 2.00 bits per heavy atom. The Hall–Kier alpha value is 0.557. The number of unbranched alkanes of at least 4 members (excludes halogenated alkanes) is 1. The van der Waals surface area contributed by atoms with Crippen molar-refractivity contribution >= 4 is 0 Å². The average Bonchev–Trinajstić information content (AvgIpc) is 1.83. The molecule has 0 aliphatic heterocycles. The van der Waals surface area contributed by atoms with Crippen LogP contribution in [0.1, 0.15) is 33.1 Å². The maximum absolute atomic E-state index is 10.1. The van der Waals surface area contributed by atoms with Crippen LogP contribution in [-0.2, 0) is 0 Å². The summed E-state index contributed by atoms with van der Waals surface area (Å²) >= 11 is 0. The van der Waals surface area contributed by atoms with Crippen molar-refractivity contribution < 1.29 is 24.0 Å². The summed E-state index contributed by atoms with van der Waals surface area (Å²) in [6.45, 7) is 4.26. The minimum absolute atomic E-state index is 0. The van der Waals surface area contributed by atoms with E-state index in [1.54, 1.807) is 0 Å². The minimum Gasteiger partial charge on any atom is -0.854 e. The molecule has 0 saturated heterocycles. The zero-order valence-corrected chi connectivity index (χ0v) is 6.81.